The van der Waals surface area contributed by atoms with Crippen molar-refractivity contribution in [2.45, 2.75) is 38.8 Å². The Kier molecular flexibility index (Phi) is 7.03. The van der Waals surface area contributed by atoms with E-state index in [2.05, 4.69) is 62.8 Å². The Morgan fingerprint density at radius 1 is 1.27 bits per heavy atom. The summed E-state index contributed by atoms with van der Waals surface area (Å²) in [5, 5.41) is 8.17. The molecule has 1 aliphatic heterocycles. The standard InChI is InChI=1S/C20H29N5S/c1-16-14-23-19(26-16)8-11-22-20(21-2)24-18-9-12-25(13-10-18)15-17-6-4-3-5-7-17/h3-7,14,18H,8-13,15H2,1-2H3,(H2,21,22,24). The maximum absolute atomic E-state index is 4.41. The Balaban J connectivity index is 1.37. The first-order chi connectivity index (χ1) is 12.7. The largest absolute Gasteiger partial charge is 0.356 e. The number of hydrogen-bond donors (Lipinski definition) is 2. The van der Waals surface area contributed by atoms with Crippen molar-refractivity contribution in [3.8, 4) is 0 Å². The summed E-state index contributed by atoms with van der Waals surface area (Å²) in [7, 11) is 1.84. The van der Waals surface area contributed by atoms with Gasteiger partial charge in [0.15, 0.2) is 5.96 Å². The van der Waals surface area contributed by atoms with Crippen LogP contribution in [-0.2, 0) is 13.0 Å². The average Bonchev–Trinajstić information content (AvgIpc) is 3.08. The molecule has 5 nitrogen and oxygen atoms in total. The van der Waals surface area contributed by atoms with E-state index in [1.54, 1.807) is 11.3 Å². The third kappa shape index (κ3) is 5.81. The highest BCUT2D eigenvalue weighted by Crippen LogP contribution is 2.14. The van der Waals surface area contributed by atoms with E-state index in [4.69, 9.17) is 0 Å². The van der Waals surface area contributed by atoms with Crippen LogP contribution in [0.1, 0.15) is 28.3 Å². The van der Waals surface area contributed by atoms with Crippen molar-refractivity contribution < 1.29 is 0 Å². The summed E-state index contributed by atoms with van der Waals surface area (Å²) in [6.45, 7) is 6.26. The molecule has 2 aromatic rings. The summed E-state index contributed by atoms with van der Waals surface area (Å²) in [5.41, 5.74) is 1.40. The summed E-state index contributed by atoms with van der Waals surface area (Å²) in [6.07, 6.45) is 5.18. The van der Waals surface area contributed by atoms with Gasteiger partial charge in [0, 0.05) is 56.8 Å². The van der Waals surface area contributed by atoms with E-state index in [9.17, 15) is 0 Å². The number of thiazole rings is 1. The van der Waals surface area contributed by atoms with Crippen LogP contribution in [0.25, 0.3) is 0 Å². The molecule has 3 rings (SSSR count). The summed E-state index contributed by atoms with van der Waals surface area (Å²) in [5.74, 6) is 0.903. The second-order valence-electron chi connectivity index (χ2n) is 6.79. The van der Waals surface area contributed by atoms with E-state index in [0.29, 0.717) is 6.04 Å². The molecule has 6 heteroatoms. The molecule has 0 spiro atoms. The van der Waals surface area contributed by atoms with Crippen LogP contribution in [0.2, 0.25) is 0 Å². The lowest BCUT2D eigenvalue weighted by Crippen LogP contribution is -2.48. The normalized spacial score (nSPS) is 16.6. The van der Waals surface area contributed by atoms with Crippen LogP contribution in [0.5, 0.6) is 0 Å². The highest BCUT2D eigenvalue weighted by Gasteiger charge is 2.19. The molecule has 0 radical (unpaired) electrons. The first kappa shape index (κ1) is 18.9. The van der Waals surface area contributed by atoms with Crippen molar-refractivity contribution in [3.63, 3.8) is 0 Å². The molecule has 1 aromatic heterocycles. The molecular formula is C20H29N5S. The first-order valence-electron chi connectivity index (χ1n) is 9.37. The summed E-state index contributed by atoms with van der Waals surface area (Å²) in [4.78, 5) is 12.6. The Bertz CT molecular complexity index is 689. The number of benzene rings is 1. The van der Waals surface area contributed by atoms with Crippen LogP contribution in [0.4, 0.5) is 0 Å². The molecule has 0 amide bonds. The quantitative estimate of drug-likeness (QED) is 0.606. The smallest absolute Gasteiger partial charge is 0.191 e. The Labute approximate surface area is 160 Å². The van der Waals surface area contributed by atoms with Gasteiger partial charge in [-0.2, -0.15) is 0 Å². The molecule has 0 atom stereocenters. The molecule has 26 heavy (non-hydrogen) atoms. The maximum Gasteiger partial charge on any atom is 0.191 e. The van der Waals surface area contributed by atoms with Gasteiger partial charge in [-0.25, -0.2) is 4.98 Å². The number of likely N-dealkylation sites (tertiary alicyclic amines) is 1. The predicted octanol–water partition coefficient (Wildman–Crippen LogP) is 2.82. The molecule has 1 fully saturated rings. The van der Waals surface area contributed by atoms with Gasteiger partial charge in [0.25, 0.3) is 0 Å². The minimum Gasteiger partial charge on any atom is -0.356 e. The fourth-order valence-electron chi connectivity index (χ4n) is 3.27. The highest BCUT2D eigenvalue weighted by molar-refractivity contribution is 7.11. The van der Waals surface area contributed by atoms with Crippen molar-refractivity contribution >= 4 is 17.3 Å². The molecule has 1 aliphatic rings. The lowest BCUT2D eigenvalue weighted by molar-refractivity contribution is 0.198. The number of nitrogens with one attached hydrogen (secondary N) is 2. The van der Waals surface area contributed by atoms with E-state index in [-0.39, 0.29) is 0 Å². The number of aliphatic imine (C=N–C) groups is 1. The zero-order chi connectivity index (χ0) is 18.2. The number of aryl methyl sites for hydroxylation is 1. The van der Waals surface area contributed by atoms with Gasteiger partial charge in [0.1, 0.15) is 0 Å². The van der Waals surface area contributed by atoms with E-state index in [1.165, 1.54) is 15.4 Å². The van der Waals surface area contributed by atoms with Gasteiger partial charge in [0.05, 0.1) is 5.01 Å². The fraction of sp³-hybridized carbons (Fsp3) is 0.500. The highest BCUT2D eigenvalue weighted by atomic mass is 32.1. The van der Waals surface area contributed by atoms with E-state index >= 15 is 0 Å². The monoisotopic (exact) mass is 371 g/mol. The number of guanidine groups is 1. The van der Waals surface area contributed by atoms with Crippen molar-refractivity contribution in [3.05, 3.63) is 52.0 Å². The molecule has 2 N–H and O–H groups in total. The summed E-state index contributed by atoms with van der Waals surface area (Å²) in [6, 6.07) is 11.2. The second kappa shape index (κ2) is 9.69. The molecule has 1 saturated heterocycles. The third-order valence-corrected chi connectivity index (χ3v) is 5.67. The Morgan fingerprint density at radius 3 is 2.69 bits per heavy atom. The SMILES string of the molecule is CN=C(NCCc1ncc(C)s1)NC1CCN(Cc2ccccc2)CC1. The molecule has 0 unspecified atom stereocenters. The molecule has 0 saturated carbocycles. The van der Waals surface area contributed by atoms with Gasteiger partial charge >= 0.3 is 0 Å². The van der Waals surface area contributed by atoms with Gasteiger partial charge in [0.2, 0.25) is 0 Å². The number of rotatable bonds is 6. The van der Waals surface area contributed by atoms with Crippen molar-refractivity contribution in [2.24, 2.45) is 4.99 Å². The summed E-state index contributed by atoms with van der Waals surface area (Å²) < 4.78 is 0. The van der Waals surface area contributed by atoms with Crippen LogP contribution < -0.4 is 10.6 Å². The number of hydrogen-bond acceptors (Lipinski definition) is 4. The van der Waals surface area contributed by atoms with Crippen LogP contribution in [-0.4, -0.2) is 48.6 Å². The van der Waals surface area contributed by atoms with E-state index < -0.39 is 0 Å². The maximum atomic E-state index is 4.41. The minimum atomic E-state index is 0.496. The van der Waals surface area contributed by atoms with Gasteiger partial charge in [-0.3, -0.25) is 9.89 Å². The van der Waals surface area contributed by atoms with Gasteiger partial charge < -0.3 is 10.6 Å². The van der Waals surface area contributed by atoms with Crippen molar-refractivity contribution in [2.75, 3.05) is 26.7 Å². The molecule has 0 aliphatic carbocycles. The first-order valence-corrected chi connectivity index (χ1v) is 10.2. The second-order valence-corrected chi connectivity index (χ2v) is 8.11. The van der Waals surface area contributed by atoms with Gasteiger partial charge in [-0.05, 0) is 25.3 Å². The van der Waals surface area contributed by atoms with Gasteiger partial charge in [-0.15, -0.1) is 11.3 Å². The number of aromatic nitrogens is 1. The lowest BCUT2D eigenvalue weighted by atomic mass is 10.0. The van der Waals surface area contributed by atoms with Crippen LogP contribution in [0.3, 0.4) is 0 Å². The third-order valence-electron chi connectivity index (χ3n) is 4.70. The molecule has 140 valence electrons. The average molecular weight is 372 g/mol. The van der Waals surface area contributed by atoms with Crippen molar-refractivity contribution in [1.82, 2.24) is 20.5 Å². The van der Waals surface area contributed by atoms with Crippen LogP contribution in [0.15, 0.2) is 41.5 Å². The van der Waals surface area contributed by atoms with E-state index in [1.807, 2.05) is 13.2 Å². The van der Waals surface area contributed by atoms with Crippen LogP contribution >= 0.6 is 11.3 Å². The summed E-state index contributed by atoms with van der Waals surface area (Å²) >= 11 is 1.77. The minimum absolute atomic E-state index is 0.496. The fourth-order valence-corrected chi connectivity index (χ4v) is 4.06. The lowest BCUT2D eigenvalue weighted by Gasteiger charge is -2.33. The Hall–Kier alpha value is -1.92. The molecule has 1 aromatic carbocycles. The zero-order valence-electron chi connectivity index (χ0n) is 15.7. The molecule has 0 bridgehead atoms. The van der Waals surface area contributed by atoms with Crippen LogP contribution in [0, 0.1) is 6.92 Å². The van der Waals surface area contributed by atoms with Crippen molar-refractivity contribution in [1.29, 1.82) is 0 Å². The Morgan fingerprint density at radius 2 is 2.04 bits per heavy atom. The molecule has 2 heterocycles. The van der Waals surface area contributed by atoms with Gasteiger partial charge in [-0.1, -0.05) is 30.3 Å². The number of nitrogens with zero attached hydrogens (tertiary/aromatic N) is 3. The topological polar surface area (TPSA) is 52.6 Å². The number of piperidine rings is 1. The molecular weight excluding hydrogens is 342 g/mol. The van der Waals surface area contributed by atoms with E-state index in [0.717, 1.165) is 51.4 Å². The predicted molar refractivity (Wildman–Crippen MR) is 110 cm³/mol. The zero-order valence-corrected chi connectivity index (χ0v) is 16.6.